The number of piperidine rings is 1. The number of benzene rings is 1. The van der Waals surface area contributed by atoms with Gasteiger partial charge in [0.05, 0.1) is 17.2 Å². The van der Waals surface area contributed by atoms with Gasteiger partial charge in [-0.05, 0) is 38.0 Å². The van der Waals surface area contributed by atoms with Gasteiger partial charge < -0.3 is 9.64 Å². The third kappa shape index (κ3) is 4.79. The molecular weight excluding hydrogens is 440 g/mol. The van der Waals surface area contributed by atoms with E-state index in [0.29, 0.717) is 48.6 Å². The van der Waals surface area contributed by atoms with E-state index < -0.39 is 35.6 Å². The normalized spacial score (nSPS) is 18.8. The van der Waals surface area contributed by atoms with Gasteiger partial charge in [0.15, 0.2) is 11.6 Å². The highest BCUT2D eigenvalue weighted by atomic mass is 19.4. The average Bonchev–Trinajstić information content (AvgIpc) is 2.81. The third-order valence-electron chi connectivity index (χ3n) is 5.54. The van der Waals surface area contributed by atoms with Gasteiger partial charge in [0, 0.05) is 30.7 Å². The highest BCUT2D eigenvalue weighted by molar-refractivity contribution is 6.00. The molecule has 172 valence electrons. The van der Waals surface area contributed by atoms with E-state index in [9.17, 15) is 22.4 Å². The second-order valence-corrected chi connectivity index (χ2v) is 7.66. The van der Waals surface area contributed by atoms with Crippen molar-refractivity contribution in [3.8, 4) is 17.3 Å². The second-order valence-electron chi connectivity index (χ2n) is 7.66. The van der Waals surface area contributed by atoms with Crippen LogP contribution in [0.15, 0.2) is 55.0 Å². The number of carbonyl (C=O) groups is 1. The van der Waals surface area contributed by atoms with Crippen LogP contribution in [0.1, 0.15) is 35.7 Å². The first-order chi connectivity index (χ1) is 15.8. The Bertz CT molecular complexity index is 1140. The summed E-state index contributed by atoms with van der Waals surface area (Å²) < 4.78 is 58.2. The SMILES string of the molecule is CC1C(Oc2ncc(C(F)(F)F)cc2F)CCCN1C(=O)c1ccccc1-c1ncccn1. The first-order valence-corrected chi connectivity index (χ1v) is 10.3. The number of rotatable bonds is 4. The lowest BCUT2D eigenvalue weighted by Gasteiger charge is -2.39. The minimum absolute atomic E-state index is 0.264. The number of pyridine rings is 1. The maximum atomic E-state index is 14.2. The molecule has 2 unspecified atom stereocenters. The van der Waals surface area contributed by atoms with Crippen LogP contribution in [0.4, 0.5) is 17.6 Å². The molecule has 1 saturated heterocycles. The van der Waals surface area contributed by atoms with Crippen LogP contribution < -0.4 is 4.74 Å². The molecule has 1 fully saturated rings. The fourth-order valence-corrected chi connectivity index (χ4v) is 3.82. The summed E-state index contributed by atoms with van der Waals surface area (Å²) in [6.07, 6.45) is -0.565. The fraction of sp³-hybridized carbons (Fsp3) is 0.304. The van der Waals surface area contributed by atoms with E-state index in [2.05, 4.69) is 15.0 Å². The zero-order valence-corrected chi connectivity index (χ0v) is 17.6. The number of hydrogen-bond acceptors (Lipinski definition) is 5. The lowest BCUT2D eigenvalue weighted by molar-refractivity contribution is -0.138. The molecular formula is C23H20F4N4O2. The van der Waals surface area contributed by atoms with Gasteiger partial charge >= 0.3 is 6.18 Å². The molecule has 0 saturated carbocycles. The van der Waals surface area contributed by atoms with E-state index in [4.69, 9.17) is 4.74 Å². The number of nitrogens with zero attached hydrogens (tertiary/aromatic N) is 4. The number of halogens is 4. The molecule has 0 radical (unpaired) electrons. The number of amides is 1. The lowest BCUT2D eigenvalue weighted by Crippen LogP contribution is -2.51. The molecule has 0 aliphatic carbocycles. The minimum atomic E-state index is -4.70. The summed E-state index contributed by atoms with van der Waals surface area (Å²) in [7, 11) is 0. The topological polar surface area (TPSA) is 68.2 Å². The Balaban J connectivity index is 1.55. The number of alkyl halides is 3. The molecule has 1 amide bonds. The van der Waals surface area contributed by atoms with Gasteiger partial charge in [0.2, 0.25) is 0 Å². The van der Waals surface area contributed by atoms with Crippen molar-refractivity contribution in [2.75, 3.05) is 6.54 Å². The molecule has 33 heavy (non-hydrogen) atoms. The van der Waals surface area contributed by atoms with Crippen LogP contribution in [0.2, 0.25) is 0 Å². The number of hydrogen-bond donors (Lipinski definition) is 0. The lowest BCUT2D eigenvalue weighted by atomic mass is 9.97. The van der Waals surface area contributed by atoms with Crippen molar-refractivity contribution in [2.45, 2.75) is 38.1 Å². The number of aromatic nitrogens is 3. The first-order valence-electron chi connectivity index (χ1n) is 10.3. The Labute approximate surface area is 187 Å². The molecule has 0 N–H and O–H groups in total. The molecule has 4 rings (SSSR count). The first kappa shape index (κ1) is 22.6. The summed E-state index contributed by atoms with van der Waals surface area (Å²) in [5.74, 6) is -1.58. The summed E-state index contributed by atoms with van der Waals surface area (Å²) in [5.41, 5.74) is -0.204. The van der Waals surface area contributed by atoms with Gasteiger partial charge in [0.25, 0.3) is 11.8 Å². The Morgan fingerprint density at radius 1 is 1.12 bits per heavy atom. The van der Waals surface area contributed by atoms with Gasteiger partial charge in [-0.25, -0.2) is 19.3 Å². The van der Waals surface area contributed by atoms with Crippen LogP contribution in [0.3, 0.4) is 0 Å². The summed E-state index contributed by atoms with van der Waals surface area (Å²) in [6.45, 7) is 2.21. The predicted octanol–water partition coefficient (Wildman–Crippen LogP) is 4.77. The van der Waals surface area contributed by atoms with Crippen LogP contribution in [-0.2, 0) is 6.18 Å². The van der Waals surface area contributed by atoms with E-state index in [1.54, 1.807) is 54.5 Å². The van der Waals surface area contributed by atoms with E-state index in [-0.39, 0.29) is 5.91 Å². The van der Waals surface area contributed by atoms with Crippen molar-refractivity contribution < 1.29 is 27.1 Å². The maximum absolute atomic E-state index is 14.2. The smallest absolute Gasteiger partial charge is 0.417 e. The van der Waals surface area contributed by atoms with E-state index in [0.717, 1.165) is 0 Å². The Morgan fingerprint density at radius 2 is 1.85 bits per heavy atom. The van der Waals surface area contributed by atoms with Crippen LogP contribution in [-0.4, -0.2) is 44.4 Å². The summed E-state index contributed by atoms with van der Waals surface area (Å²) in [5, 5.41) is 0. The predicted molar refractivity (Wildman–Crippen MR) is 111 cm³/mol. The Morgan fingerprint density at radius 3 is 2.55 bits per heavy atom. The zero-order chi connectivity index (χ0) is 23.6. The summed E-state index contributed by atoms with van der Waals surface area (Å²) in [6, 6.07) is 8.52. The molecule has 2 aromatic heterocycles. The second kappa shape index (κ2) is 9.13. The van der Waals surface area contributed by atoms with E-state index >= 15 is 0 Å². The molecule has 3 heterocycles. The molecule has 0 spiro atoms. The Kier molecular flexibility index (Phi) is 6.26. The molecule has 1 aromatic carbocycles. The van der Waals surface area contributed by atoms with Crippen LogP contribution in [0.25, 0.3) is 11.4 Å². The van der Waals surface area contributed by atoms with Gasteiger partial charge in [-0.1, -0.05) is 18.2 Å². The van der Waals surface area contributed by atoms with E-state index in [1.165, 1.54) is 0 Å². The van der Waals surface area contributed by atoms with Crippen molar-refractivity contribution in [3.05, 3.63) is 71.9 Å². The van der Waals surface area contributed by atoms with Gasteiger partial charge in [-0.2, -0.15) is 13.2 Å². The molecule has 1 aliphatic rings. The molecule has 1 aliphatic heterocycles. The standard InChI is InChI=1S/C23H20F4N4O2/c1-14-19(33-21-18(24)12-15(13-30-21)23(25,26)27)8-4-11-31(14)22(32)17-7-3-2-6-16(17)20-28-9-5-10-29-20/h2-3,5-7,9-10,12-14,19H,4,8,11H2,1H3. The quantitative estimate of drug-likeness (QED) is 0.525. The van der Waals surface area contributed by atoms with Gasteiger partial charge in [0.1, 0.15) is 6.10 Å². The van der Waals surface area contributed by atoms with Gasteiger partial charge in [-0.3, -0.25) is 4.79 Å². The van der Waals surface area contributed by atoms with Crippen LogP contribution in [0.5, 0.6) is 5.88 Å². The third-order valence-corrected chi connectivity index (χ3v) is 5.54. The van der Waals surface area contributed by atoms with Crippen molar-refractivity contribution in [3.63, 3.8) is 0 Å². The molecule has 6 nitrogen and oxygen atoms in total. The van der Waals surface area contributed by atoms with Crippen molar-refractivity contribution in [1.29, 1.82) is 0 Å². The van der Waals surface area contributed by atoms with Crippen molar-refractivity contribution in [2.24, 2.45) is 0 Å². The maximum Gasteiger partial charge on any atom is 0.417 e. The molecule has 10 heteroatoms. The zero-order valence-electron chi connectivity index (χ0n) is 17.6. The summed E-state index contributed by atoms with van der Waals surface area (Å²) in [4.78, 5) is 27.0. The average molecular weight is 460 g/mol. The molecule has 0 bridgehead atoms. The molecule has 3 aromatic rings. The molecule has 2 atom stereocenters. The number of likely N-dealkylation sites (tertiary alicyclic amines) is 1. The number of ether oxygens (including phenoxy) is 1. The monoisotopic (exact) mass is 460 g/mol. The fourth-order valence-electron chi connectivity index (χ4n) is 3.82. The summed E-state index contributed by atoms with van der Waals surface area (Å²) >= 11 is 0. The minimum Gasteiger partial charge on any atom is -0.470 e. The van der Waals surface area contributed by atoms with Crippen LogP contribution in [0, 0.1) is 5.82 Å². The highest BCUT2D eigenvalue weighted by Crippen LogP contribution is 2.32. The number of carbonyl (C=O) groups excluding carboxylic acids is 1. The van der Waals surface area contributed by atoms with E-state index in [1.807, 2.05) is 0 Å². The van der Waals surface area contributed by atoms with Crippen molar-refractivity contribution >= 4 is 5.91 Å². The largest absolute Gasteiger partial charge is 0.470 e. The Hall–Kier alpha value is -3.56. The van der Waals surface area contributed by atoms with Gasteiger partial charge in [-0.15, -0.1) is 0 Å². The van der Waals surface area contributed by atoms with Crippen molar-refractivity contribution in [1.82, 2.24) is 19.9 Å². The highest BCUT2D eigenvalue weighted by Gasteiger charge is 2.36. The van der Waals surface area contributed by atoms with Crippen LogP contribution >= 0.6 is 0 Å².